The summed E-state index contributed by atoms with van der Waals surface area (Å²) >= 11 is 5.81. The van der Waals surface area contributed by atoms with Gasteiger partial charge in [0, 0.05) is 10.9 Å². The Hall–Kier alpha value is -2.26. The lowest BCUT2D eigenvalue weighted by atomic mass is 10.0. The number of halogens is 1. The molecule has 1 N–H and O–H groups in total. The third kappa shape index (κ3) is 2.48. The third-order valence-electron chi connectivity index (χ3n) is 3.73. The number of ether oxygens (including phenoxy) is 1. The molecule has 0 radical (unpaired) electrons. The minimum Gasteiger partial charge on any atom is -0.497 e. The lowest BCUT2D eigenvalue weighted by Gasteiger charge is -2.05. The van der Waals surface area contributed by atoms with E-state index < -0.39 is 0 Å². The molecule has 0 atom stereocenters. The van der Waals surface area contributed by atoms with Crippen LogP contribution in [0.3, 0.4) is 0 Å². The summed E-state index contributed by atoms with van der Waals surface area (Å²) < 4.78 is 5.18. The van der Waals surface area contributed by atoms with Crippen LogP contribution >= 0.6 is 11.6 Å². The Balaban J connectivity index is 2.25. The van der Waals surface area contributed by atoms with Gasteiger partial charge in [0.1, 0.15) is 5.75 Å². The van der Waals surface area contributed by atoms with Crippen molar-refractivity contribution in [2.75, 3.05) is 13.0 Å². The highest BCUT2D eigenvalue weighted by atomic mass is 35.5. The largest absolute Gasteiger partial charge is 0.497 e. The zero-order valence-electron chi connectivity index (χ0n) is 12.4. The van der Waals surface area contributed by atoms with Gasteiger partial charge < -0.3 is 9.72 Å². The average Bonchev–Trinajstić information content (AvgIpc) is 2.92. The van der Waals surface area contributed by atoms with Crippen LogP contribution < -0.4 is 4.74 Å². The summed E-state index contributed by atoms with van der Waals surface area (Å²) in [7, 11) is 1.63. The van der Waals surface area contributed by atoms with Crippen molar-refractivity contribution in [3.8, 4) is 17.0 Å². The maximum absolute atomic E-state index is 12.3. The summed E-state index contributed by atoms with van der Waals surface area (Å²) in [5.41, 5.74) is 4.43. The molecule has 0 saturated heterocycles. The highest BCUT2D eigenvalue weighted by Gasteiger charge is 2.19. The minimum absolute atomic E-state index is 0.0376. The molecule has 1 heterocycles. The average molecular weight is 314 g/mol. The molecule has 3 nitrogen and oxygen atoms in total. The molecule has 1 aromatic heterocycles. The summed E-state index contributed by atoms with van der Waals surface area (Å²) in [5, 5.41) is 0.913. The Kier molecular flexibility index (Phi) is 3.90. The Labute approximate surface area is 133 Å². The van der Waals surface area contributed by atoms with Crippen molar-refractivity contribution in [1.82, 2.24) is 4.98 Å². The van der Waals surface area contributed by atoms with Gasteiger partial charge in [0.05, 0.1) is 24.2 Å². The zero-order valence-corrected chi connectivity index (χ0v) is 13.2. The monoisotopic (exact) mass is 313 g/mol. The van der Waals surface area contributed by atoms with Crippen molar-refractivity contribution in [1.29, 1.82) is 0 Å². The molecule has 0 bridgehead atoms. The number of carbonyl (C=O) groups excluding carboxylic acids is 1. The van der Waals surface area contributed by atoms with Gasteiger partial charge in [-0.1, -0.05) is 11.6 Å². The van der Waals surface area contributed by atoms with Gasteiger partial charge in [-0.05, 0) is 48.9 Å². The quantitative estimate of drug-likeness (QED) is 0.566. The number of benzene rings is 2. The van der Waals surface area contributed by atoms with Crippen LogP contribution in [0.2, 0.25) is 0 Å². The van der Waals surface area contributed by atoms with E-state index in [0.717, 1.165) is 33.5 Å². The van der Waals surface area contributed by atoms with E-state index >= 15 is 0 Å². The summed E-state index contributed by atoms with van der Waals surface area (Å²) in [6, 6.07) is 13.6. The van der Waals surface area contributed by atoms with Gasteiger partial charge in [0.25, 0.3) is 0 Å². The molecule has 112 valence electrons. The summed E-state index contributed by atoms with van der Waals surface area (Å²) in [6.45, 7) is 2.01. The molecule has 0 amide bonds. The first-order chi connectivity index (χ1) is 10.6. The molecule has 2 aromatic carbocycles. The predicted molar refractivity (Wildman–Crippen MR) is 90.1 cm³/mol. The predicted octanol–water partition coefficient (Wildman–Crippen LogP) is 4.57. The second kappa shape index (κ2) is 5.85. The number of fused-ring (bicyclic) bond motifs is 1. The second-order valence-electron chi connectivity index (χ2n) is 5.21. The molecule has 0 aliphatic heterocycles. The highest BCUT2D eigenvalue weighted by Crippen LogP contribution is 2.32. The van der Waals surface area contributed by atoms with Crippen LogP contribution in [0.1, 0.15) is 15.9 Å². The van der Waals surface area contributed by atoms with Crippen LogP contribution in [0.25, 0.3) is 22.2 Å². The fourth-order valence-corrected chi connectivity index (χ4v) is 2.77. The number of hydrogen-bond acceptors (Lipinski definition) is 2. The van der Waals surface area contributed by atoms with Crippen LogP contribution in [-0.4, -0.2) is 23.8 Å². The molecule has 0 spiro atoms. The van der Waals surface area contributed by atoms with Gasteiger partial charge >= 0.3 is 0 Å². The summed E-state index contributed by atoms with van der Waals surface area (Å²) in [6.07, 6.45) is 0. The number of aryl methyl sites for hydroxylation is 1. The molecule has 3 rings (SSSR count). The molecular formula is C18H16ClNO2. The maximum Gasteiger partial charge on any atom is 0.180 e. The Bertz CT molecular complexity index is 834. The fourth-order valence-electron chi connectivity index (χ4n) is 2.64. The normalized spacial score (nSPS) is 10.9. The number of H-pyrrole nitrogens is 1. The van der Waals surface area contributed by atoms with E-state index in [-0.39, 0.29) is 11.7 Å². The van der Waals surface area contributed by atoms with E-state index in [0.29, 0.717) is 5.56 Å². The van der Waals surface area contributed by atoms with Gasteiger partial charge in [0.15, 0.2) is 5.78 Å². The van der Waals surface area contributed by atoms with Crippen LogP contribution in [0.4, 0.5) is 0 Å². The summed E-state index contributed by atoms with van der Waals surface area (Å²) in [4.78, 5) is 15.7. The number of rotatable bonds is 4. The van der Waals surface area contributed by atoms with Gasteiger partial charge in [-0.15, -0.1) is 11.6 Å². The van der Waals surface area contributed by atoms with Gasteiger partial charge in [-0.3, -0.25) is 4.79 Å². The summed E-state index contributed by atoms with van der Waals surface area (Å²) in [5.74, 6) is 0.662. The topological polar surface area (TPSA) is 42.1 Å². The van der Waals surface area contributed by atoms with Crippen molar-refractivity contribution < 1.29 is 9.53 Å². The van der Waals surface area contributed by atoms with Gasteiger partial charge in [0.2, 0.25) is 0 Å². The van der Waals surface area contributed by atoms with Crippen molar-refractivity contribution in [2.45, 2.75) is 6.92 Å². The van der Waals surface area contributed by atoms with Gasteiger partial charge in [-0.25, -0.2) is 0 Å². The number of carbonyl (C=O) groups is 1. The second-order valence-corrected chi connectivity index (χ2v) is 5.48. The Morgan fingerprint density at radius 1 is 1.18 bits per heavy atom. The zero-order chi connectivity index (χ0) is 15.7. The van der Waals surface area contributed by atoms with Crippen molar-refractivity contribution in [2.24, 2.45) is 0 Å². The lowest BCUT2D eigenvalue weighted by molar-refractivity contribution is 0.102. The Morgan fingerprint density at radius 3 is 2.55 bits per heavy atom. The molecule has 22 heavy (non-hydrogen) atoms. The van der Waals surface area contributed by atoms with Crippen LogP contribution in [0.15, 0.2) is 42.5 Å². The number of hydrogen-bond donors (Lipinski definition) is 1. The smallest absolute Gasteiger partial charge is 0.180 e. The molecule has 0 aliphatic rings. The lowest BCUT2D eigenvalue weighted by Crippen LogP contribution is -2.01. The Morgan fingerprint density at radius 2 is 1.91 bits per heavy atom. The van der Waals surface area contributed by atoms with E-state index in [2.05, 4.69) is 4.98 Å². The first-order valence-corrected chi connectivity index (χ1v) is 7.53. The molecular weight excluding hydrogens is 298 g/mol. The molecule has 0 saturated carbocycles. The SMILES string of the molecule is COc1ccc(-c2[nH]c3ccc(C)cc3c2C(=O)CCl)cc1. The van der Waals surface area contributed by atoms with Gasteiger partial charge in [-0.2, -0.15) is 0 Å². The van der Waals surface area contributed by atoms with E-state index in [9.17, 15) is 4.79 Å². The molecule has 4 heteroatoms. The van der Waals surface area contributed by atoms with Crippen molar-refractivity contribution in [3.63, 3.8) is 0 Å². The third-order valence-corrected chi connectivity index (χ3v) is 3.98. The van der Waals surface area contributed by atoms with E-state index in [1.165, 1.54) is 0 Å². The maximum atomic E-state index is 12.3. The first-order valence-electron chi connectivity index (χ1n) is 7.00. The standard InChI is InChI=1S/C18H16ClNO2/c1-11-3-8-15-14(9-11)17(16(21)10-19)18(20-15)12-4-6-13(22-2)7-5-12/h3-9,20H,10H2,1-2H3. The number of aromatic amines is 1. The highest BCUT2D eigenvalue weighted by molar-refractivity contribution is 6.33. The van der Waals surface area contributed by atoms with Crippen LogP contribution in [-0.2, 0) is 0 Å². The fraction of sp³-hybridized carbons (Fsp3) is 0.167. The molecule has 0 aliphatic carbocycles. The number of methoxy groups -OCH3 is 1. The van der Waals surface area contributed by atoms with Crippen molar-refractivity contribution in [3.05, 3.63) is 53.6 Å². The first kappa shape index (κ1) is 14.7. The van der Waals surface area contributed by atoms with E-state index in [1.54, 1.807) is 7.11 Å². The van der Waals surface area contributed by atoms with E-state index in [4.69, 9.17) is 16.3 Å². The van der Waals surface area contributed by atoms with Crippen LogP contribution in [0, 0.1) is 6.92 Å². The molecule has 3 aromatic rings. The van der Waals surface area contributed by atoms with Crippen LogP contribution in [0.5, 0.6) is 5.75 Å². The van der Waals surface area contributed by atoms with E-state index in [1.807, 2.05) is 49.4 Å². The number of aromatic nitrogens is 1. The minimum atomic E-state index is -0.0793. The number of nitrogens with one attached hydrogen (secondary N) is 1. The molecule has 0 unspecified atom stereocenters. The van der Waals surface area contributed by atoms with Crippen molar-refractivity contribution >= 4 is 28.3 Å². The number of alkyl halides is 1. The molecule has 0 fully saturated rings. The number of ketones is 1. The number of Topliss-reactive ketones (excluding diaryl/α,β-unsaturated/α-hetero) is 1.